The van der Waals surface area contributed by atoms with Gasteiger partial charge in [0.15, 0.2) is 0 Å². The van der Waals surface area contributed by atoms with Crippen LogP contribution in [0, 0.1) is 0 Å². The van der Waals surface area contributed by atoms with Crippen molar-refractivity contribution < 1.29 is 4.79 Å². The van der Waals surface area contributed by atoms with E-state index >= 15 is 0 Å². The van der Waals surface area contributed by atoms with Crippen molar-refractivity contribution >= 4 is 35.3 Å². The fourth-order valence-corrected chi connectivity index (χ4v) is 2.56. The number of nitrogens with one attached hydrogen (secondary N) is 1. The Bertz CT molecular complexity index is 335. The number of carbonyl (C=O) groups excluding carboxylic acids is 1. The highest BCUT2D eigenvalue weighted by atomic mass is 32.2. The third-order valence-corrected chi connectivity index (χ3v) is 3.25. The molecule has 0 spiro atoms. The molecule has 0 fully saturated rings. The van der Waals surface area contributed by atoms with Gasteiger partial charge >= 0.3 is 6.03 Å². The molecule has 0 atom stereocenters. The zero-order valence-corrected chi connectivity index (χ0v) is 9.32. The van der Waals surface area contributed by atoms with Gasteiger partial charge in [-0.15, -0.1) is 23.1 Å². The molecule has 0 aromatic carbocycles. The van der Waals surface area contributed by atoms with Crippen LogP contribution in [-0.2, 0) is 0 Å². The van der Waals surface area contributed by atoms with Crippen molar-refractivity contribution in [3.8, 4) is 0 Å². The van der Waals surface area contributed by atoms with Gasteiger partial charge in [0.05, 0.1) is 11.1 Å². The molecule has 0 saturated carbocycles. The predicted molar refractivity (Wildman–Crippen MR) is 61.0 cm³/mol. The molecule has 0 aliphatic carbocycles. The van der Waals surface area contributed by atoms with Gasteiger partial charge in [-0.2, -0.15) is 5.10 Å². The van der Waals surface area contributed by atoms with Crippen LogP contribution in [0.5, 0.6) is 0 Å². The number of nitrogens with two attached hydrogens (primary N) is 1. The Hall–Kier alpha value is -1.01. The van der Waals surface area contributed by atoms with Gasteiger partial charge in [0.1, 0.15) is 0 Å². The van der Waals surface area contributed by atoms with Crippen molar-refractivity contribution in [2.24, 2.45) is 10.8 Å². The summed E-state index contributed by atoms with van der Waals surface area (Å²) in [5.41, 5.74) is 7.02. The highest BCUT2D eigenvalue weighted by Crippen LogP contribution is 2.25. The molecule has 1 heterocycles. The Balaban J connectivity index is 2.61. The fraction of sp³-hybridized carbons (Fsp3) is 0.250. The number of hydrogen-bond donors (Lipinski definition) is 2. The third-order valence-electron chi connectivity index (χ3n) is 1.31. The summed E-state index contributed by atoms with van der Waals surface area (Å²) in [7, 11) is 0. The molecule has 6 heteroatoms. The average molecular weight is 229 g/mol. The number of rotatable bonds is 4. The molecule has 0 aliphatic rings. The van der Waals surface area contributed by atoms with Gasteiger partial charge in [-0.1, -0.05) is 6.92 Å². The summed E-state index contributed by atoms with van der Waals surface area (Å²) in [4.78, 5) is 12.5. The maximum Gasteiger partial charge on any atom is 0.332 e. The number of thioether (sulfide) groups is 1. The monoisotopic (exact) mass is 229 g/mol. The second kappa shape index (κ2) is 5.66. The summed E-state index contributed by atoms with van der Waals surface area (Å²) in [6.45, 7) is 2.09. The Kier molecular flexibility index (Phi) is 4.48. The molecule has 3 N–H and O–H groups in total. The zero-order chi connectivity index (χ0) is 10.4. The minimum Gasteiger partial charge on any atom is -0.350 e. The van der Waals surface area contributed by atoms with Crippen molar-refractivity contribution in [2.75, 3.05) is 5.75 Å². The average Bonchev–Trinajstić information content (AvgIpc) is 2.53. The molecule has 0 unspecified atom stereocenters. The third kappa shape index (κ3) is 3.39. The van der Waals surface area contributed by atoms with E-state index in [0.29, 0.717) is 0 Å². The van der Waals surface area contributed by atoms with Gasteiger partial charge < -0.3 is 5.73 Å². The number of thiophene rings is 1. The van der Waals surface area contributed by atoms with Gasteiger partial charge in [0.2, 0.25) is 0 Å². The van der Waals surface area contributed by atoms with Crippen LogP contribution in [0.15, 0.2) is 21.4 Å². The molecule has 14 heavy (non-hydrogen) atoms. The lowest BCUT2D eigenvalue weighted by atomic mass is 10.5. The standard InChI is InChI=1S/C8H11N3OS2/c1-2-13-6-3-4-14-7(6)5-10-11-8(9)12/h3-5H,2H2,1H3,(H3,9,11,12). The molecule has 2 amide bonds. The SMILES string of the molecule is CCSc1ccsc1C=NNC(N)=O. The molecule has 0 aliphatic heterocycles. The maximum absolute atomic E-state index is 10.3. The van der Waals surface area contributed by atoms with Gasteiger partial charge in [-0.25, -0.2) is 10.2 Å². The van der Waals surface area contributed by atoms with Crippen molar-refractivity contribution in [2.45, 2.75) is 11.8 Å². The van der Waals surface area contributed by atoms with E-state index in [1.807, 2.05) is 11.4 Å². The van der Waals surface area contributed by atoms with E-state index in [1.54, 1.807) is 29.3 Å². The largest absolute Gasteiger partial charge is 0.350 e. The van der Waals surface area contributed by atoms with Gasteiger partial charge in [0, 0.05) is 4.90 Å². The Morgan fingerprint density at radius 3 is 3.29 bits per heavy atom. The number of nitrogens with zero attached hydrogens (tertiary/aromatic N) is 1. The molecule has 0 bridgehead atoms. The van der Waals surface area contributed by atoms with Gasteiger partial charge in [0.25, 0.3) is 0 Å². The molecular weight excluding hydrogens is 218 g/mol. The number of hydrogen-bond acceptors (Lipinski definition) is 4. The van der Waals surface area contributed by atoms with E-state index < -0.39 is 6.03 Å². The molecule has 1 aromatic rings. The van der Waals surface area contributed by atoms with E-state index in [9.17, 15) is 4.79 Å². The van der Waals surface area contributed by atoms with Crippen molar-refractivity contribution in [1.29, 1.82) is 0 Å². The molecule has 0 radical (unpaired) electrons. The molecule has 4 nitrogen and oxygen atoms in total. The van der Waals surface area contributed by atoms with Crippen LogP contribution in [-0.4, -0.2) is 18.0 Å². The van der Waals surface area contributed by atoms with Crippen LogP contribution in [0.3, 0.4) is 0 Å². The van der Waals surface area contributed by atoms with Crippen LogP contribution in [0.25, 0.3) is 0 Å². The van der Waals surface area contributed by atoms with Crippen LogP contribution in [0.1, 0.15) is 11.8 Å². The number of hydrazone groups is 1. The molecule has 0 saturated heterocycles. The Morgan fingerprint density at radius 1 is 1.86 bits per heavy atom. The van der Waals surface area contributed by atoms with Crippen LogP contribution < -0.4 is 11.2 Å². The van der Waals surface area contributed by atoms with E-state index in [0.717, 1.165) is 10.6 Å². The second-order valence-electron chi connectivity index (χ2n) is 2.32. The summed E-state index contributed by atoms with van der Waals surface area (Å²) >= 11 is 3.32. The highest BCUT2D eigenvalue weighted by Gasteiger charge is 2.00. The molecular formula is C8H11N3OS2. The normalized spacial score (nSPS) is 10.6. The van der Waals surface area contributed by atoms with E-state index in [1.165, 1.54) is 4.90 Å². The maximum atomic E-state index is 10.3. The van der Waals surface area contributed by atoms with E-state index in [2.05, 4.69) is 17.5 Å². The smallest absolute Gasteiger partial charge is 0.332 e. The molecule has 76 valence electrons. The van der Waals surface area contributed by atoms with E-state index in [4.69, 9.17) is 5.73 Å². The highest BCUT2D eigenvalue weighted by molar-refractivity contribution is 7.99. The van der Waals surface area contributed by atoms with Gasteiger partial charge in [-0.3, -0.25) is 0 Å². The van der Waals surface area contributed by atoms with Crippen LogP contribution in [0.4, 0.5) is 4.79 Å². The summed E-state index contributed by atoms with van der Waals surface area (Å²) < 4.78 is 0. The van der Waals surface area contributed by atoms with Crippen molar-refractivity contribution in [3.63, 3.8) is 0 Å². The lowest BCUT2D eigenvalue weighted by Gasteiger charge is -1.95. The Morgan fingerprint density at radius 2 is 2.64 bits per heavy atom. The number of amides is 2. The quantitative estimate of drug-likeness (QED) is 0.470. The van der Waals surface area contributed by atoms with E-state index in [-0.39, 0.29) is 0 Å². The summed E-state index contributed by atoms with van der Waals surface area (Å²) in [6.07, 6.45) is 1.60. The predicted octanol–water partition coefficient (Wildman–Crippen LogP) is 1.86. The lowest BCUT2D eigenvalue weighted by Crippen LogP contribution is -2.24. The van der Waals surface area contributed by atoms with Crippen molar-refractivity contribution in [1.82, 2.24) is 5.43 Å². The molecule has 1 aromatic heterocycles. The summed E-state index contributed by atoms with van der Waals surface area (Å²) in [6, 6.07) is 1.38. The zero-order valence-electron chi connectivity index (χ0n) is 7.69. The fourth-order valence-electron chi connectivity index (χ4n) is 0.833. The molecule has 1 rings (SSSR count). The van der Waals surface area contributed by atoms with Crippen LogP contribution in [0.2, 0.25) is 0 Å². The minimum absolute atomic E-state index is 0.650. The lowest BCUT2D eigenvalue weighted by molar-refractivity contribution is 0.249. The van der Waals surface area contributed by atoms with Gasteiger partial charge in [-0.05, 0) is 17.2 Å². The van der Waals surface area contributed by atoms with Crippen molar-refractivity contribution in [3.05, 3.63) is 16.3 Å². The minimum atomic E-state index is -0.650. The first-order valence-corrected chi connectivity index (χ1v) is 5.89. The summed E-state index contributed by atoms with van der Waals surface area (Å²) in [5, 5.41) is 5.69. The summed E-state index contributed by atoms with van der Waals surface area (Å²) in [5.74, 6) is 1.01. The number of urea groups is 1. The first-order valence-electron chi connectivity index (χ1n) is 4.03. The number of primary amides is 1. The van der Waals surface area contributed by atoms with Crippen LogP contribution >= 0.6 is 23.1 Å². The Labute approximate surface area is 90.6 Å². The number of carbonyl (C=O) groups is 1. The topological polar surface area (TPSA) is 67.5 Å². The first-order chi connectivity index (χ1) is 6.74. The second-order valence-corrected chi connectivity index (χ2v) is 4.57. The first kappa shape index (κ1) is 11.1.